The number of fused-ring (bicyclic) bond motifs is 2. The van der Waals surface area contributed by atoms with Crippen molar-refractivity contribution in [3.63, 3.8) is 0 Å². The molecule has 0 heteroatoms. The maximum absolute atomic E-state index is 2.61. The van der Waals surface area contributed by atoms with Crippen LogP contribution >= 0.6 is 0 Å². The standard InChI is InChI=1S/C44H52/c1-5-13-29(14-6-1)35-25-21-33-22-27-37(31-17-9-3-10-18-31)43-39(33)41(35)42-36(30-15-7-2-8-16-30)26-23-34-24-28-38(44(43)40(34)42)32-19-11-4-12-20-32/h21-32H,1-20H2. The fraction of sp³-hybridized carbons (Fsp3) is 0.545. The Kier molecular flexibility index (Phi) is 7.33. The number of rotatable bonds is 4. The Hall–Kier alpha value is -2.60. The molecule has 0 N–H and O–H groups in total. The molecule has 9 rings (SSSR count). The lowest BCUT2D eigenvalue weighted by Crippen LogP contribution is -2.11. The Labute approximate surface area is 265 Å². The van der Waals surface area contributed by atoms with Crippen LogP contribution in [0.1, 0.15) is 174 Å². The Morgan fingerprint density at radius 2 is 0.477 bits per heavy atom. The molecule has 5 aromatic rings. The van der Waals surface area contributed by atoms with E-state index in [4.69, 9.17) is 0 Å². The summed E-state index contributed by atoms with van der Waals surface area (Å²) in [6.07, 6.45) is 27.9. The third kappa shape index (κ3) is 4.52. The van der Waals surface area contributed by atoms with Crippen LogP contribution in [0.5, 0.6) is 0 Å². The van der Waals surface area contributed by atoms with Crippen molar-refractivity contribution in [3.05, 3.63) is 70.8 Å². The van der Waals surface area contributed by atoms with Crippen LogP contribution in [0.2, 0.25) is 0 Å². The lowest BCUT2D eigenvalue weighted by atomic mass is 9.72. The number of hydrogen-bond donors (Lipinski definition) is 0. The highest BCUT2D eigenvalue weighted by atomic mass is 14.3. The van der Waals surface area contributed by atoms with Crippen molar-refractivity contribution in [2.45, 2.75) is 152 Å². The van der Waals surface area contributed by atoms with Gasteiger partial charge in [0, 0.05) is 0 Å². The van der Waals surface area contributed by atoms with E-state index < -0.39 is 0 Å². The first-order valence-corrected chi connectivity index (χ1v) is 19.1. The van der Waals surface area contributed by atoms with Crippen LogP contribution in [0, 0.1) is 0 Å². The molecule has 4 aliphatic rings. The summed E-state index contributed by atoms with van der Waals surface area (Å²) in [5, 5.41) is 13.1. The molecule has 228 valence electrons. The highest BCUT2D eigenvalue weighted by Crippen LogP contribution is 2.53. The van der Waals surface area contributed by atoms with Gasteiger partial charge < -0.3 is 0 Å². The maximum Gasteiger partial charge on any atom is -0.00204 e. The van der Waals surface area contributed by atoms with E-state index in [2.05, 4.69) is 48.5 Å². The van der Waals surface area contributed by atoms with Crippen LogP contribution in [0.25, 0.3) is 43.1 Å². The quantitative estimate of drug-likeness (QED) is 0.146. The normalized spacial score (nSPS) is 22.2. The van der Waals surface area contributed by atoms with E-state index in [1.54, 1.807) is 54.6 Å². The average Bonchev–Trinajstić information content (AvgIpc) is 3.11. The Morgan fingerprint density at radius 1 is 0.250 bits per heavy atom. The summed E-state index contributed by atoms with van der Waals surface area (Å²) in [7, 11) is 0. The number of benzene rings is 5. The van der Waals surface area contributed by atoms with Gasteiger partial charge in [0.15, 0.2) is 0 Å². The minimum Gasteiger partial charge on any atom is -0.0575 e. The van der Waals surface area contributed by atoms with Crippen LogP contribution in [0.3, 0.4) is 0 Å². The highest BCUT2D eigenvalue weighted by Gasteiger charge is 2.30. The zero-order valence-corrected chi connectivity index (χ0v) is 27.1. The predicted molar refractivity (Wildman–Crippen MR) is 191 cm³/mol. The SMILES string of the molecule is c1cc2ccc(C3CCCCC3)c3c4c(C5CCCCC5)ccc5ccc(C6CCCCC6)c(c(c1C1CCCCC1)c23)c54. The molecule has 0 aromatic heterocycles. The van der Waals surface area contributed by atoms with Crippen LogP contribution in [0.15, 0.2) is 48.5 Å². The second kappa shape index (κ2) is 11.6. The van der Waals surface area contributed by atoms with Gasteiger partial charge in [-0.1, -0.05) is 126 Å². The van der Waals surface area contributed by atoms with Crippen molar-refractivity contribution in [2.24, 2.45) is 0 Å². The zero-order valence-electron chi connectivity index (χ0n) is 27.1. The van der Waals surface area contributed by atoms with Gasteiger partial charge in [-0.05, 0) is 140 Å². The molecule has 0 nitrogen and oxygen atoms in total. The van der Waals surface area contributed by atoms with Crippen molar-refractivity contribution in [1.82, 2.24) is 0 Å². The van der Waals surface area contributed by atoms with E-state index in [-0.39, 0.29) is 0 Å². The summed E-state index contributed by atoms with van der Waals surface area (Å²) in [5.41, 5.74) is 6.82. The van der Waals surface area contributed by atoms with Gasteiger partial charge in [-0.25, -0.2) is 0 Å². The van der Waals surface area contributed by atoms with Crippen molar-refractivity contribution >= 4 is 43.1 Å². The molecule has 0 atom stereocenters. The summed E-state index contributed by atoms with van der Waals surface area (Å²) in [6, 6.07) is 20.6. The minimum absolute atomic E-state index is 0.715. The smallest absolute Gasteiger partial charge is 0.00204 e. The van der Waals surface area contributed by atoms with E-state index in [1.165, 1.54) is 139 Å². The molecule has 0 aliphatic heterocycles. The Balaban J connectivity index is 1.47. The fourth-order valence-electron chi connectivity index (χ4n) is 11.0. The molecule has 0 unspecified atom stereocenters. The Bertz CT molecular complexity index is 1520. The third-order valence-electron chi connectivity index (χ3n) is 13.2. The molecule has 0 amide bonds. The molecule has 4 saturated carbocycles. The summed E-state index contributed by atoms with van der Waals surface area (Å²) in [4.78, 5) is 0. The van der Waals surface area contributed by atoms with Crippen LogP contribution in [-0.2, 0) is 0 Å². The molecule has 0 spiro atoms. The second-order valence-corrected chi connectivity index (χ2v) is 15.7. The first-order valence-electron chi connectivity index (χ1n) is 19.1. The first kappa shape index (κ1) is 27.7. The zero-order chi connectivity index (χ0) is 29.0. The van der Waals surface area contributed by atoms with Crippen LogP contribution < -0.4 is 0 Å². The van der Waals surface area contributed by atoms with E-state index in [0.29, 0.717) is 23.7 Å². The summed E-state index contributed by atoms with van der Waals surface area (Å²) >= 11 is 0. The molecular weight excluding hydrogens is 528 g/mol. The molecule has 4 aliphatic carbocycles. The molecule has 44 heavy (non-hydrogen) atoms. The molecule has 0 radical (unpaired) electrons. The molecule has 5 aromatic carbocycles. The fourth-order valence-corrected chi connectivity index (χ4v) is 11.0. The maximum atomic E-state index is 2.61. The van der Waals surface area contributed by atoms with Gasteiger partial charge in [0.1, 0.15) is 0 Å². The molecular formula is C44H52. The monoisotopic (exact) mass is 580 g/mol. The van der Waals surface area contributed by atoms with Crippen molar-refractivity contribution in [3.8, 4) is 0 Å². The van der Waals surface area contributed by atoms with E-state index in [9.17, 15) is 0 Å². The van der Waals surface area contributed by atoms with Gasteiger partial charge in [-0.3, -0.25) is 0 Å². The lowest BCUT2D eigenvalue weighted by Gasteiger charge is -2.32. The highest BCUT2D eigenvalue weighted by molar-refractivity contribution is 6.35. The topological polar surface area (TPSA) is 0 Å². The minimum atomic E-state index is 0.715. The predicted octanol–water partition coefficient (Wildman–Crippen LogP) is 13.9. The van der Waals surface area contributed by atoms with Crippen molar-refractivity contribution in [2.75, 3.05) is 0 Å². The van der Waals surface area contributed by atoms with E-state index in [0.717, 1.165) is 0 Å². The largest absolute Gasteiger partial charge is 0.0575 e. The van der Waals surface area contributed by atoms with Gasteiger partial charge in [0.05, 0.1) is 0 Å². The summed E-state index contributed by atoms with van der Waals surface area (Å²) in [5.74, 6) is 2.86. The van der Waals surface area contributed by atoms with Gasteiger partial charge >= 0.3 is 0 Å². The van der Waals surface area contributed by atoms with Gasteiger partial charge in [-0.2, -0.15) is 0 Å². The molecule has 4 fully saturated rings. The lowest BCUT2D eigenvalue weighted by molar-refractivity contribution is 0.444. The van der Waals surface area contributed by atoms with E-state index in [1.807, 2.05) is 0 Å². The van der Waals surface area contributed by atoms with Gasteiger partial charge in [0.2, 0.25) is 0 Å². The first-order chi connectivity index (χ1) is 21.9. The summed E-state index contributed by atoms with van der Waals surface area (Å²) < 4.78 is 0. The van der Waals surface area contributed by atoms with E-state index >= 15 is 0 Å². The van der Waals surface area contributed by atoms with Gasteiger partial charge in [-0.15, -0.1) is 0 Å². The van der Waals surface area contributed by atoms with Crippen LogP contribution in [-0.4, -0.2) is 0 Å². The molecule has 0 saturated heterocycles. The molecule has 0 heterocycles. The average molecular weight is 581 g/mol. The number of hydrogen-bond acceptors (Lipinski definition) is 0. The second-order valence-electron chi connectivity index (χ2n) is 15.7. The Morgan fingerprint density at radius 3 is 0.705 bits per heavy atom. The van der Waals surface area contributed by atoms with Gasteiger partial charge in [0.25, 0.3) is 0 Å². The van der Waals surface area contributed by atoms with Crippen LogP contribution in [0.4, 0.5) is 0 Å². The van der Waals surface area contributed by atoms with Crippen molar-refractivity contribution in [1.29, 1.82) is 0 Å². The summed E-state index contributed by atoms with van der Waals surface area (Å²) in [6.45, 7) is 0. The third-order valence-corrected chi connectivity index (χ3v) is 13.2. The molecule has 0 bridgehead atoms. The van der Waals surface area contributed by atoms with Crippen molar-refractivity contribution < 1.29 is 0 Å².